The Hall–Kier alpha value is -0.690. The van der Waals surface area contributed by atoms with Crippen LogP contribution in [0.3, 0.4) is 0 Å². The summed E-state index contributed by atoms with van der Waals surface area (Å²) < 4.78 is 17.6. The maximum absolute atomic E-state index is 12.7. The van der Waals surface area contributed by atoms with Crippen LogP contribution in [-0.4, -0.2) is 74.1 Å². The zero-order valence-corrected chi connectivity index (χ0v) is 14.4. The van der Waals surface area contributed by atoms with Crippen molar-refractivity contribution >= 4 is 5.91 Å². The van der Waals surface area contributed by atoms with Crippen molar-refractivity contribution in [3.63, 3.8) is 0 Å². The van der Waals surface area contributed by atoms with E-state index < -0.39 is 6.10 Å². The molecule has 3 aliphatic heterocycles. The average molecular weight is 326 g/mol. The lowest BCUT2D eigenvalue weighted by Crippen LogP contribution is -2.59. The average Bonchev–Trinajstić information content (AvgIpc) is 2.99. The fourth-order valence-corrected chi connectivity index (χ4v) is 3.87. The summed E-state index contributed by atoms with van der Waals surface area (Å²) in [5, 5.41) is 3.35. The van der Waals surface area contributed by atoms with Crippen LogP contribution in [0.25, 0.3) is 0 Å². The van der Waals surface area contributed by atoms with E-state index in [1.54, 1.807) is 0 Å². The first-order valence-electron chi connectivity index (χ1n) is 8.98. The van der Waals surface area contributed by atoms with Crippen LogP contribution in [0.2, 0.25) is 0 Å². The number of amides is 1. The molecule has 0 aromatic heterocycles. The Kier molecular flexibility index (Phi) is 5.57. The van der Waals surface area contributed by atoms with E-state index in [2.05, 4.69) is 5.32 Å². The van der Waals surface area contributed by atoms with Gasteiger partial charge in [0.1, 0.15) is 6.10 Å². The largest absolute Gasteiger partial charge is 0.376 e. The van der Waals surface area contributed by atoms with Crippen LogP contribution in [0.1, 0.15) is 39.5 Å². The number of carbonyl (C=O) groups excluding carboxylic acids is 1. The van der Waals surface area contributed by atoms with E-state index in [1.165, 1.54) is 6.42 Å². The molecule has 0 aliphatic carbocycles. The standard InChI is InChI=1S/C17H30N2O4/c1-13-9-19(12-17(23-13)6-7-18-11-17)16(20)14(2)22-10-15-5-3-4-8-21-15/h13-15,18H,3-12H2,1-2H3. The number of nitrogens with one attached hydrogen (secondary N) is 1. The minimum Gasteiger partial charge on any atom is -0.376 e. The Morgan fingerprint density at radius 2 is 2.35 bits per heavy atom. The second-order valence-corrected chi connectivity index (χ2v) is 7.22. The lowest BCUT2D eigenvalue weighted by Gasteiger charge is -2.44. The third-order valence-corrected chi connectivity index (χ3v) is 5.08. The molecule has 6 heteroatoms. The highest BCUT2D eigenvalue weighted by atomic mass is 16.5. The highest BCUT2D eigenvalue weighted by Crippen LogP contribution is 2.28. The summed E-state index contributed by atoms with van der Waals surface area (Å²) in [6, 6.07) is 0. The van der Waals surface area contributed by atoms with Crippen LogP contribution >= 0.6 is 0 Å². The molecule has 3 heterocycles. The van der Waals surface area contributed by atoms with E-state index in [4.69, 9.17) is 14.2 Å². The quantitative estimate of drug-likeness (QED) is 0.833. The predicted molar refractivity (Wildman–Crippen MR) is 86.3 cm³/mol. The van der Waals surface area contributed by atoms with Gasteiger partial charge in [-0.15, -0.1) is 0 Å². The van der Waals surface area contributed by atoms with Crippen molar-refractivity contribution < 1.29 is 19.0 Å². The van der Waals surface area contributed by atoms with Gasteiger partial charge in [-0.05, 0) is 46.1 Å². The van der Waals surface area contributed by atoms with Crippen molar-refractivity contribution in [2.75, 3.05) is 39.4 Å². The van der Waals surface area contributed by atoms with Crippen LogP contribution < -0.4 is 5.32 Å². The SMILES string of the molecule is CC1CN(C(=O)C(C)OCC2CCCCO2)CC2(CCNC2)O1. The zero-order valence-electron chi connectivity index (χ0n) is 14.4. The molecule has 3 fully saturated rings. The van der Waals surface area contributed by atoms with Gasteiger partial charge in [-0.1, -0.05) is 0 Å². The number of hydrogen-bond donors (Lipinski definition) is 1. The van der Waals surface area contributed by atoms with Crippen LogP contribution in [0.5, 0.6) is 0 Å². The van der Waals surface area contributed by atoms with Crippen molar-refractivity contribution in [3.8, 4) is 0 Å². The Labute approximate surface area is 138 Å². The van der Waals surface area contributed by atoms with Crippen LogP contribution in [0, 0.1) is 0 Å². The second kappa shape index (κ2) is 7.47. The maximum Gasteiger partial charge on any atom is 0.251 e. The Bertz CT molecular complexity index is 405. The first-order valence-corrected chi connectivity index (χ1v) is 8.98. The molecule has 3 saturated heterocycles. The predicted octanol–water partition coefficient (Wildman–Crippen LogP) is 0.940. The highest BCUT2D eigenvalue weighted by Gasteiger charge is 2.43. The van der Waals surface area contributed by atoms with Gasteiger partial charge >= 0.3 is 0 Å². The van der Waals surface area contributed by atoms with Gasteiger partial charge in [-0.25, -0.2) is 0 Å². The van der Waals surface area contributed by atoms with Gasteiger partial charge in [-0.3, -0.25) is 4.79 Å². The van der Waals surface area contributed by atoms with Gasteiger partial charge in [0.2, 0.25) is 0 Å². The van der Waals surface area contributed by atoms with E-state index in [-0.39, 0.29) is 23.7 Å². The minimum atomic E-state index is -0.419. The van der Waals surface area contributed by atoms with Gasteiger partial charge in [-0.2, -0.15) is 0 Å². The summed E-state index contributed by atoms with van der Waals surface area (Å²) in [6.45, 7) is 8.31. The third-order valence-electron chi connectivity index (χ3n) is 5.08. The van der Waals surface area contributed by atoms with Crippen molar-refractivity contribution in [2.45, 2.75) is 63.4 Å². The van der Waals surface area contributed by atoms with E-state index in [1.807, 2.05) is 18.7 Å². The normalized spacial score (nSPS) is 36.3. The molecule has 0 saturated carbocycles. The number of morpholine rings is 1. The molecular formula is C17H30N2O4. The van der Waals surface area contributed by atoms with Gasteiger partial charge in [0.25, 0.3) is 5.91 Å². The highest BCUT2D eigenvalue weighted by molar-refractivity contribution is 5.80. The molecule has 0 radical (unpaired) electrons. The molecule has 1 spiro atoms. The summed E-state index contributed by atoms with van der Waals surface area (Å²) in [5.74, 6) is 0.0715. The monoisotopic (exact) mass is 326 g/mol. The lowest BCUT2D eigenvalue weighted by molar-refractivity contribution is -0.171. The number of hydrogen-bond acceptors (Lipinski definition) is 5. The first kappa shape index (κ1) is 17.1. The minimum absolute atomic E-state index is 0.0708. The summed E-state index contributed by atoms with van der Waals surface area (Å²) in [4.78, 5) is 14.7. The molecule has 132 valence electrons. The number of nitrogens with zero attached hydrogens (tertiary/aromatic N) is 1. The van der Waals surface area contributed by atoms with E-state index >= 15 is 0 Å². The molecule has 4 atom stereocenters. The molecule has 0 aromatic rings. The third kappa shape index (κ3) is 4.24. The fourth-order valence-electron chi connectivity index (χ4n) is 3.87. The van der Waals surface area contributed by atoms with E-state index in [0.29, 0.717) is 19.7 Å². The zero-order chi connectivity index (χ0) is 16.3. The molecule has 3 aliphatic rings. The van der Waals surface area contributed by atoms with Gasteiger partial charge in [0.05, 0.1) is 31.0 Å². The van der Waals surface area contributed by atoms with Crippen LogP contribution in [0.15, 0.2) is 0 Å². The van der Waals surface area contributed by atoms with Crippen LogP contribution in [0.4, 0.5) is 0 Å². The fraction of sp³-hybridized carbons (Fsp3) is 0.941. The smallest absolute Gasteiger partial charge is 0.251 e. The van der Waals surface area contributed by atoms with E-state index in [0.717, 1.165) is 39.0 Å². The van der Waals surface area contributed by atoms with Crippen molar-refractivity contribution in [1.82, 2.24) is 10.2 Å². The van der Waals surface area contributed by atoms with Gasteiger partial charge < -0.3 is 24.4 Å². The summed E-state index contributed by atoms with van der Waals surface area (Å²) in [5.41, 5.74) is -0.209. The first-order chi connectivity index (χ1) is 11.1. The van der Waals surface area contributed by atoms with Crippen molar-refractivity contribution in [1.29, 1.82) is 0 Å². The molecule has 3 rings (SSSR count). The topological polar surface area (TPSA) is 60.0 Å². The molecule has 6 nitrogen and oxygen atoms in total. The lowest BCUT2D eigenvalue weighted by atomic mass is 9.99. The molecule has 0 aromatic carbocycles. The summed E-state index contributed by atoms with van der Waals surface area (Å²) >= 11 is 0. The number of ether oxygens (including phenoxy) is 3. The number of rotatable bonds is 4. The molecule has 1 N–H and O–H groups in total. The summed E-state index contributed by atoms with van der Waals surface area (Å²) in [6.07, 6.45) is 4.11. The maximum atomic E-state index is 12.7. The molecule has 23 heavy (non-hydrogen) atoms. The second-order valence-electron chi connectivity index (χ2n) is 7.22. The molecule has 1 amide bonds. The summed E-state index contributed by atoms with van der Waals surface area (Å²) in [7, 11) is 0. The Morgan fingerprint density at radius 1 is 1.48 bits per heavy atom. The molecule has 0 bridgehead atoms. The van der Waals surface area contributed by atoms with Gasteiger partial charge in [0.15, 0.2) is 0 Å². The Morgan fingerprint density at radius 3 is 3.04 bits per heavy atom. The van der Waals surface area contributed by atoms with Crippen molar-refractivity contribution in [2.24, 2.45) is 0 Å². The van der Waals surface area contributed by atoms with E-state index in [9.17, 15) is 4.79 Å². The number of carbonyl (C=O) groups is 1. The van der Waals surface area contributed by atoms with Crippen LogP contribution in [-0.2, 0) is 19.0 Å². The Balaban J connectivity index is 1.51. The molecule has 4 unspecified atom stereocenters. The molecular weight excluding hydrogens is 296 g/mol. The van der Waals surface area contributed by atoms with Crippen molar-refractivity contribution in [3.05, 3.63) is 0 Å². The van der Waals surface area contributed by atoms with Gasteiger partial charge in [0, 0.05) is 19.7 Å².